The molecule has 1 aromatic rings. The predicted molar refractivity (Wildman–Crippen MR) is 82.4 cm³/mol. The molecule has 0 bridgehead atoms. The van der Waals surface area contributed by atoms with Gasteiger partial charge in [0, 0.05) is 53.0 Å². The minimum absolute atomic E-state index is 0. The molecule has 0 aliphatic rings. The van der Waals surface area contributed by atoms with Crippen LogP contribution >= 0.6 is 11.6 Å². The van der Waals surface area contributed by atoms with E-state index in [4.69, 9.17) is 16.3 Å². The molecule has 0 heterocycles. The summed E-state index contributed by atoms with van der Waals surface area (Å²) in [4.78, 5) is 35.3. The second-order valence-corrected chi connectivity index (χ2v) is 5.63. The zero-order valence-corrected chi connectivity index (χ0v) is 15.5. The second-order valence-electron chi connectivity index (χ2n) is 5.25. The predicted octanol–water partition coefficient (Wildman–Crippen LogP) is 2.89. The van der Waals surface area contributed by atoms with Gasteiger partial charge in [-0.25, -0.2) is 4.79 Å². The fourth-order valence-corrected chi connectivity index (χ4v) is 1.87. The number of benzene rings is 1. The van der Waals surface area contributed by atoms with Crippen LogP contribution in [-0.2, 0) is 4.74 Å². The van der Waals surface area contributed by atoms with Crippen LogP contribution < -0.4 is 0 Å². The number of hydrogen-bond acceptors (Lipinski definition) is 4. The summed E-state index contributed by atoms with van der Waals surface area (Å²) >= 11 is 5.55. The topological polar surface area (TPSA) is 60.4 Å². The van der Waals surface area contributed by atoms with Gasteiger partial charge >= 0.3 is 5.97 Å². The van der Waals surface area contributed by atoms with Gasteiger partial charge in [-0.05, 0) is 26.8 Å². The van der Waals surface area contributed by atoms with Crippen molar-refractivity contribution in [3.63, 3.8) is 0 Å². The summed E-state index contributed by atoms with van der Waals surface area (Å²) in [6, 6.07) is 4.51. The Kier molecular flexibility index (Phi) is 8.41. The molecule has 21 heavy (non-hydrogen) atoms. The first-order valence-corrected chi connectivity index (χ1v) is 6.74. The third-order valence-corrected chi connectivity index (χ3v) is 2.63. The zero-order chi connectivity index (χ0) is 15.3. The van der Waals surface area contributed by atoms with Gasteiger partial charge in [-0.3, -0.25) is 9.59 Å². The molecule has 0 aromatic heterocycles. The average molecular weight is 320 g/mol. The summed E-state index contributed by atoms with van der Waals surface area (Å²) in [6.07, 6.45) is 0.609. The summed E-state index contributed by atoms with van der Waals surface area (Å²) in [5.41, 5.74) is -0.332. The number of alkyl halides is 1. The van der Waals surface area contributed by atoms with E-state index in [1.807, 2.05) is 0 Å². The SMILES string of the molecule is CC(C)(C)OC(=O)c1cccc(C=O)c1C(=O)CCCl.[Na]. The number of esters is 1. The summed E-state index contributed by atoms with van der Waals surface area (Å²) in [5.74, 6) is -0.845. The minimum atomic E-state index is -0.679. The second kappa shape index (κ2) is 8.69. The van der Waals surface area contributed by atoms with E-state index < -0.39 is 11.6 Å². The number of ketones is 1. The smallest absolute Gasteiger partial charge is 0.339 e. The van der Waals surface area contributed by atoms with Crippen LogP contribution in [0.25, 0.3) is 0 Å². The summed E-state index contributed by atoms with van der Waals surface area (Å²) < 4.78 is 5.25. The molecule has 0 unspecified atom stereocenters. The van der Waals surface area contributed by atoms with E-state index in [2.05, 4.69) is 0 Å². The first-order chi connectivity index (χ1) is 9.30. The molecule has 0 saturated carbocycles. The van der Waals surface area contributed by atoms with Gasteiger partial charge in [-0.1, -0.05) is 12.1 Å². The Bertz CT molecular complexity index is 535. The van der Waals surface area contributed by atoms with Gasteiger partial charge in [0.05, 0.1) is 5.56 Å². The molecule has 0 aliphatic carbocycles. The van der Waals surface area contributed by atoms with E-state index in [0.717, 1.165) is 0 Å². The monoisotopic (exact) mass is 319 g/mol. The molecule has 0 amide bonds. The first-order valence-electron chi connectivity index (χ1n) is 6.21. The third kappa shape index (κ3) is 5.91. The molecule has 1 rings (SSSR count). The largest absolute Gasteiger partial charge is 0.456 e. The van der Waals surface area contributed by atoms with Gasteiger partial charge in [-0.2, -0.15) is 0 Å². The van der Waals surface area contributed by atoms with Gasteiger partial charge < -0.3 is 4.74 Å². The van der Waals surface area contributed by atoms with E-state index in [1.54, 1.807) is 26.8 Å². The van der Waals surface area contributed by atoms with Gasteiger partial charge in [0.2, 0.25) is 0 Å². The van der Waals surface area contributed by atoms with Crippen molar-refractivity contribution >= 4 is 59.2 Å². The first kappa shape index (κ1) is 20.3. The summed E-state index contributed by atoms with van der Waals surface area (Å²) in [6.45, 7) is 5.19. The van der Waals surface area contributed by atoms with Crippen molar-refractivity contribution in [3.8, 4) is 0 Å². The number of Topliss-reactive ketones (excluding diaryl/α,β-unsaturated/α-hetero) is 1. The van der Waals surface area contributed by atoms with Crippen LogP contribution in [0, 0.1) is 0 Å². The van der Waals surface area contributed by atoms with Gasteiger partial charge in [0.1, 0.15) is 5.60 Å². The van der Waals surface area contributed by atoms with Crippen molar-refractivity contribution in [2.24, 2.45) is 0 Å². The van der Waals surface area contributed by atoms with Crippen LogP contribution in [-0.4, -0.2) is 59.1 Å². The number of ether oxygens (including phenoxy) is 1. The van der Waals surface area contributed by atoms with Crippen molar-refractivity contribution in [2.75, 3.05) is 5.88 Å². The van der Waals surface area contributed by atoms with E-state index in [9.17, 15) is 14.4 Å². The Balaban J connectivity index is 0.00000400. The molecule has 1 aromatic carbocycles. The maximum atomic E-state index is 12.1. The number of rotatable bonds is 5. The molecule has 4 nitrogen and oxygen atoms in total. The maximum Gasteiger partial charge on any atom is 0.339 e. The quantitative estimate of drug-likeness (QED) is 0.275. The Labute approximate surface area is 151 Å². The van der Waals surface area contributed by atoms with Crippen LogP contribution in [0.2, 0.25) is 0 Å². The van der Waals surface area contributed by atoms with Crippen molar-refractivity contribution in [1.82, 2.24) is 0 Å². The van der Waals surface area contributed by atoms with Crippen molar-refractivity contribution in [1.29, 1.82) is 0 Å². The fourth-order valence-electron chi connectivity index (χ4n) is 1.69. The minimum Gasteiger partial charge on any atom is -0.456 e. The van der Waals surface area contributed by atoms with Crippen LogP contribution in [0.5, 0.6) is 0 Å². The maximum absolute atomic E-state index is 12.1. The van der Waals surface area contributed by atoms with E-state index in [0.29, 0.717) is 6.29 Å². The molecular formula is C15H17ClNaO4. The zero-order valence-electron chi connectivity index (χ0n) is 12.7. The summed E-state index contributed by atoms with van der Waals surface area (Å²) in [7, 11) is 0. The molecular weight excluding hydrogens is 303 g/mol. The van der Waals surface area contributed by atoms with Crippen LogP contribution in [0.15, 0.2) is 18.2 Å². The van der Waals surface area contributed by atoms with E-state index >= 15 is 0 Å². The van der Waals surface area contributed by atoms with Gasteiger partial charge in [0.15, 0.2) is 12.1 Å². The number of hydrogen-bond donors (Lipinski definition) is 0. The van der Waals surface area contributed by atoms with Crippen LogP contribution in [0.3, 0.4) is 0 Å². The summed E-state index contributed by atoms with van der Waals surface area (Å²) in [5, 5.41) is 0. The normalized spacial score (nSPS) is 10.5. The Morgan fingerprint density at radius 2 is 1.90 bits per heavy atom. The molecule has 0 saturated heterocycles. The van der Waals surface area contributed by atoms with Crippen LogP contribution in [0.4, 0.5) is 0 Å². The van der Waals surface area contributed by atoms with Crippen molar-refractivity contribution < 1.29 is 19.1 Å². The molecule has 0 spiro atoms. The fraction of sp³-hybridized carbons (Fsp3) is 0.400. The Morgan fingerprint density at radius 3 is 2.38 bits per heavy atom. The Hall–Kier alpha value is -0.680. The molecule has 0 N–H and O–H groups in total. The molecule has 0 fully saturated rings. The van der Waals surface area contributed by atoms with Crippen molar-refractivity contribution in [2.45, 2.75) is 32.8 Å². The number of carbonyl (C=O) groups is 3. The number of halogens is 1. The molecule has 1 radical (unpaired) electrons. The third-order valence-electron chi connectivity index (χ3n) is 2.44. The van der Waals surface area contributed by atoms with Gasteiger partial charge in [-0.15, -0.1) is 11.6 Å². The van der Waals surface area contributed by atoms with E-state index in [1.165, 1.54) is 12.1 Å². The number of aldehydes is 1. The number of carbonyl (C=O) groups excluding carboxylic acids is 3. The standard InChI is InChI=1S/C15H17ClO4.Na/c1-15(2,3)20-14(19)11-6-4-5-10(9-17)13(11)12(18)7-8-16;/h4-6,9H,7-8H2,1-3H3;. The average Bonchev–Trinajstić information content (AvgIpc) is 2.36. The van der Waals surface area contributed by atoms with Crippen molar-refractivity contribution in [3.05, 3.63) is 34.9 Å². The molecule has 6 heteroatoms. The molecule has 0 atom stereocenters. The molecule has 109 valence electrons. The van der Waals surface area contributed by atoms with E-state index in [-0.39, 0.29) is 64.3 Å². The Morgan fingerprint density at radius 1 is 1.29 bits per heavy atom. The van der Waals surface area contributed by atoms with Gasteiger partial charge in [0.25, 0.3) is 0 Å². The van der Waals surface area contributed by atoms with Crippen LogP contribution in [0.1, 0.15) is 58.3 Å². The molecule has 0 aliphatic heterocycles.